The van der Waals surface area contributed by atoms with E-state index in [9.17, 15) is 22.8 Å². The second kappa shape index (κ2) is 7.38. The minimum Gasteiger partial charge on any atom is -0.340 e. The zero-order valence-electron chi connectivity index (χ0n) is 15.9. The van der Waals surface area contributed by atoms with Crippen molar-refractivity contribution in [1.29, 1.82) is 0 Å². The van der Waals surface area contributed by atoms with Crippen LogP contribution in [-0.2, 0) is 19.6 Å². The second-order valence-corrected chi connectivity index (χ2v) is 10.1. The number of rotatable bonds is 5. The number of hydrogen-bond donors (Lipinski definition) is 2. The number of nitrogens with zero attached hydrogens (tertiary/aromatic N) is 2. The summed E-state index contributed by atoms with van der Waals surface area (Å²) in [7, 11) is -3.49. The van der Waals surface area contributed by atoms with Gasteiger partial charge in [-0.05, 0) is 39.5 Å². The molecule has 0 aromatic rings. The maximum atomic E-state index is 12.7. The molecule has 1 unspecified atom stereocenters. The van der Waals surface area contributed by atoms with Crippen molar-refractivity contribution in [3.8, 4) is 0 Å². The molecule has 1 atom stereocenters. The number of nitrogens with one attached hydrogen (secondary N) is 2. The Hall–Kier alpha value is -1.68. The van der Waals surface area contributed by atoms with Crippen LogP contribution in [0.5, 0.6) is 0 Å². The summed E-state index contributed by atoms with van der Waals surface area (Å²) in [5, 5.41) is 1.57. The lowest BCUT2D eigenvalue weighted by Crippen LogP contribution is -2.54. The lowest BCUT2D eigenvalue weighted by Gasteiger charge is -2.35. The molecule has 0 spiro atoms. The zero-order valence-corrected chi connectivity index (χ0v) is 16.7. The van der Waals surface area contributed by atoms with Crippen molar-refractivity contribution < 1.29 is 22.8 Å². The first kappa shape index (κ1) is 20.1. The van der Waals surface area contributed by atoms with E-state index in [0.29, 0.717) is 19.4 Å². The lowest BCUT2D eigenvalue weighted by molar-refractivity contribution is -0.134. The molecule has 3 rings (SSSR count). The molecule has 0 aromatic carbocycles. The normalized spacial score (nSPS) is 26.5. The number of piperidine rings is 1. The molecule has 1 aliphatic carbocycles. The van der Waals surface area contributed by atoms with Crippen molar-refractivity contribution >= 4 is 27.9 Å². The van der Waals surface area contributed by atoms with Crippen LogP contribution in [0.1, 0.15) is 52.4 Å². The van der Waals surface area contributed by atoms with Crippen LogP contribution >= 0.6 is 0 Å². The molecule has 27 heavy (non-hydrogen) atoms. The summed E-state index contributed by atoms with van der Waals surface area (Å²) in [4.78, 5) is 39.2. The van der Waals surface area contributed by atoms with Gasteiger partial charge in [0.25, 0.3) is 5.91 Å². The van der Waals surface area contributed by atoms with E-state index >= 15 is 0 Å². The summed E-state index contributed by atoms with van der Waals surface area (Å²) in [5.74, 6) is -0.783. The number of amides is 4. The molecule has 10 heteroatoms. The van der Waals surface area contributed by atoms with Gasteiger partial charge in [-0.2, -0.15) is 0 Å². The van der Waals surface area contributed by atoms with Crippen molar-refractivity contribution in [3.05, 3.63) is 0 Å². The number of carbonyl (C=O) groups is 3. The van der Waals surface area contributed by atoms with Gasteiger partial charge in [0.1, 0.15) is 12.1 Å². The molecule has 2 heterocycles. The fraction of sp³-hybridized carbons (Fsp3) is 0.824. The number of sulfonamides is 1. The SMILES string of the molecule is CC1(C)C(=O)NC(=O)N1CC(=O)N1CCCC(S(=O)(=O)NC2CCCC2)C1. The Kier molecular flexibility index (Phi) is 5.49. The third-order valence-electron chi connectivity index (χ3n) is 5.85. The molecule has 3 aliphatic rings. The predicted octanol–water partition coefficient (Wildman–Crippen LogP) is 0.170. The highest BCUT2D eigenvalue weighted by Gasteiger charge is 2.47. The smallest absolute Gasteiger partial charge is 0.325 e. The Bertz CT molecular complexity index is 730. The third-order valence-corrected chi connectivity index (χ3v) is 7.77. The first-order valence-electron chi connectivity index (χ1n) is 9.53. The van der Waals surface area contributed by atoms with Gasteiger partial charge in [-0.25, -0.2) is 17.9 Å². The fourth-order valence-electron chi connectivity index (χ4n) is 3.99. The predicted molar refractivity (Wildman–Crippen MR) is 98.2 cm³/mol. The first-order valence-corrected chi connectivity index (χ1v) is 11.1. The average Bonchev–Trinajstić information content (AvgIpc) is 3.17. The largest absolute Gasteiger partial charge is 0.340 e. The maximum absolute atomic E-state index is 12.7. The number of urea groups is 1. The lowest BCUT2D eigenvalue weighted by atomic mass is 10.0. The van der Waals surface area contributed by atoms with Crippen molar-refractivity contribution in [2.24, 2.45) is 0 Å². The van der Waals surface area contributed by atoms with Crippen LogP contribution in [-0.4, -0.2) is 72.5 Å². The molecule has 0 radical (unpaired) electrons. The van der Waals surface area contributed by atoms with Crippen molar-refractivity contribution in [1.82, 2.24) is 19.8 Å². The zero-order chi connectivity index (χ0) is 19.8. The number of hydrogen-bond acceptors (Lipinski definition) is 5. The highest BCUT2D eigenvalue weighted by atomic mass is 32.2. The van der Waals surface area contributed by atoms with Crippen LogP contribution < -0.4 is 10.0 Å². The van der Waals surface area contributed by atoms with Crippen molar-refractivity contribution in [2.45, 2.75) is 69.2 Å². The molecule has 0 bridgehead atoms. The Morgan fingerprint density at radius 1 is 1.19 bits per heavy atom. The quantitative estimate of drug-likeness (QED) is 0.638. The standard InChI is InChI=1S/C17H28N4O5S/c1-17(2)15(23)18-16(24)21(17)11-14(22)20-9-5-8-13(10-20)27(25,26)19-12-6-3-4-7-12/h12-13,19H,3-11H2,1-2H3,(H,18,23,24). The van der Waals surface area contributed by atoms with Gasteiger partial charge in [-0.1, -0.05) is 12.8 Å². The first-order chi connectivity index (χ1) is 12.6. The minimum atomic E-state index is -3.49. The van der Waals surface area contributed by atoms with Crippen LogP contribution in [0.15, 0.2) is 0 Å². The van der Waals surface area contributed by atoms with Gasteiger partial charge >= 0.3 is 6.03 Å². The molecular formula is C17H28N4O5S. The van der Waals surface area contributed by atoms with Gasteiger partial charge in [-0.3, -0.25) is 14.9 Å². The minimum absolute atomic E-state index is 0.00110. The van der Waals surface area contributed by atoms with E-state index in [0.717, 1.165) is 25.7 Å². The molecule has 4 amide bonds. The van der Waals surface area contributed by atoms with E-state index in [2.05, 4.69) is 10.0 Å². The summed E-state index contributed by atoms with van der Waals surface area (Å²) in [6, 6.07) is -0.594. The molecule has 9 nitrogen and oxygen atoms in total. The van der Waals surface area contributed by atoms with Crippen LogP contribution in [0.25, 0.3) is 0 Å². The van der Waals surface area contributed by atoms with Gasteiger partial charge in [0.15, 0.2) is 0 Å². The Morgan fingerprint density at radius 2 is 1.85 bits per heavy atom. The van der Waals surface area contributed by atoms with Gasteiger partial charge in [-0.15, -0.1) is 0 Å². The van der Waals surface area contributed by atoms with E-state index in [1.807, 2.05) is 0 Å². The molecule has 2 aliphatic heterocycles. The molecular weight excluding hydrogens is 372 g/mol. The molecule has 1 saturated carbocycles. The second-order valence-electron chi connectivity index (χ2n) is 8.15. The Balaban J connectivity index is 1.62. The van der Waals surface area contributed by atoms with Gasteiger partial charge in [0.05, 0.1) is 5.25 Å². The number of likely N-dealkylation sites (tertiary alicyclic amines) is 1. The van der Waals surface area contributed by atoms with Crippen LogP contribution in [0.2, 0.25) is 0 Å². The van der Waals surface area contributed by atoms with Gasteiger partial charge in [0.2, 0.25) is 15.9 Å². The molecule has 2 saturated heterocycles. The van der Waals surface area contributed by atoms with Crippen LogP contribution in [0.3, 0.4) is 0 Å². The summed E-state index contributed by atoms with van der Waals surface area (Å²) in [6.45, 7) is 3.49. The highest BCUT2D eigenvalue weighted by Crippen LogP contribution is 2.24. The van der Waals surface area contributed by atoms with Crippen LogP contribution in [0, 0.1) is 0 Å². The molecule has 2 N–H and O–H groups in total. The van der Waals surface area contributed by atoms with E-state index in [-0.39, 0.29) is 25.0 Å². The van der Waals surface area contributed by atoms with Crippen molar-refractivity contribution in [2.75, 3.05) is 19.6 Å². The average molecular weight is 401 g/mol. The third kappa shape index (κ3) is 4.11. The summed E-state index contributed by atoms with van der Waals surface area (Å²) < 4.78 is 28.2. The topological polar surface area (TPSA) is 116 Å². The highest BCUT2D eigenvalue weighted by molar-refractivity contribution is 7.90. The van der Waals surface area contributed by atoms with E-state index in [4.69, 9.17) is 0 Å². The Labute approximate surface area is 159 Å². The molecule has 3 fully saturated rings. The number of imide groups is 1. The van der Waals surface area contributed by atoms with Crippen molar-refractivity contribution in [3.63, 3.8) is 0 Å². The van der Waals surface area contributed by atoms with Gasteiger partial charge < -0.3 is 9.80 Å². The fourth-order valence-corrected chi connectivity index (χ4v) is 5.73. The molecule has 152 valence electrons. The van der Waals surface area contributed by atoms with Gasteiger partial charge in [0, 0.05) is 19.1 Å². The molecule has 0 aromatic heterocycles. The number of carbonyl (C=O) groups excluding carboxylic acids is 3. The van der Waals surface area contributed by atoms with E-state index in [1.165, 1.54) is 9.80 Å². The van der Waals surface area contributed by atoms with E-state index < -0.39 is 32.8 Å². The Morgan fingerprint density at radius 3 is 2.44 bits per heavy atom. The van der Waals surface area contributed by atoms with Crippen LogP contribution in [0.4, 0.5) is 4.79 Å². The maximum Gasteiger partial charge on any atom is 0.325 e. The summed E-state index contributed by atoms with van der Waals surface area (Å²) in [5.41, 5.74) is -1.10. The monoisotopic (exact) mass is 400 g/mol. The summed E-state index contributed by atoms with van der Waals surface area (Å²) >= 11 is 0. The summed E-state index contributed by atoms with van der Waals surface area (Å²) in [6.07, 6.45) is 4.91. The van der Waals surface area contributed by atoms with E-state index in [1.54, 1.807) is 13.8 Å².